The smallest absolute Gasteiger partial charge is 0.747 e. The molecule has 0 aliphatic carbocycles. The molecule has 0 saturated carbocycles. The fraction of sp³-hybridized carbons (Fsp3) is 0.0556. The molecule has 0 aliphatic heterocycles. The molecule has 3 aromatic rings. The Balaban J connectivity index is 0.00000408. The number of nitrogens with zero attached hydrogens (tertiary/aromatic N) is 1. The van der Waals surface area contributed by atoms with E-state index in [1.807, 2.05) is 0 Å². The summed E-state index contributed by atoms with van der Waals surface area (Å²) in [5.41, 5.74) is -0.635. The Morgan fingerprint density at radius 2 is 1.00 bits per heavy atom. The number of pyridine rings is 1. The molecule has 0 aliphatic rings. The molecule has 0 radical (unpaired) electrons. The van der Waals surface area contributed by atoms with Crippen molar-refractivity contribution in [2.24, 2.45) is 0 Å². The van der Waals surface area contributed by atoms with Gasteiger partial charge in [0.25, 0.3) is 20.8 Å². The summed E-state index contributed by atoms with van der Waals surface area (Å²) in [6.07, 6.45) is 1.23. The molecule has 0 amide bonds. The van der Waals surface area contributed by atoms with Crippen LogP contribution in [0.3, 0.4) is 0 Å². The van der Waals surface area contributed by atoms with Crippen molar-refractivity contribution in [1.29, 1.82) is 0 Å². The van der Waals surface area contributed by atoms with Crippen LogP contribution in [0.2, 0.25) is 0 Å². The van der Waals surface area contributed by atoms with Gasteiger partial charge in [-0.2, -0.15) is 0 Å². The molecule has 12 nitrogen and oxygen atoms in total. The Bertz CT molecular complexity index is 1390. The van der Waals surface area contributed by atoms with Gasteiger partial charge in [-0.05, 0) is 47.5 Å². The summed E-state index contributed by atoms with van der Waals surface area (Å²) in [6.45, 7) is 0. The molecular formula is C18H12NNa3O11S3. The zero-order valence-electron chi connectivity index (χ0n) is 19.1. The van der Waals surface area contributed by atoms with Crippen LogP contribution in [0.1, 0.15) is 16.8 Å². The Hall–Kier alpha value is -0.0800. The van der Waals surface area contributed by atoms with Gasteiger partial charge in [0.2, 0.25) is 0 Å². The first-order valence-corrected chi connectivity index (χ1v) is 12.7. The van der Waals surface area contributed by atoms with E-state index in [4.69, 9.17) is 0 Å². The second kappa shape index (κ2) is 13.8. The van der Waals surface area contributed by atoms with Crippen molar-refractivity contribution in [3.8, 4) is 11.5 Å². The van der Waals surface area contributed by atoms with Crippen LogP contribution in [0.4, 0.5) is 0 Å². The first kappa shape index (κ1) is 35.9. The Kier molecular flexibility index (Phi) is 13.8. The third kappa shape index (κ3) is 8.72. The largest absolute Gasteiger partial charge is 1.00 e. The van der Waals surface area contributed by atoms with Crippen molar-refractivity contribution in [2.75, 3.05) is 0 Å². The van der Waals surface area contributed by atoms with E-state index in [-0.39, 0.29) is 105 Å². The summed E-state index contributed by atoms with van der Waals surface area (Å²) in [7, 11) is -15.6. The van der Waals surface area contributed by atoms with Gasteiger partial charge in [-0.1, -0.05) is 30.3 Å². The van der Waals surface area contributed by atoms with E-state index in [2.05, 4.69) is 13.4 Å². The minimum absolute atomic E-state index is 0. The maximum Gasteiger partial charge on any atom is 1.00 e. The number of hydrogen-bond donors (Lipinski definition) is 0. The molecule has 2 aromatic carbocycles. The number of aromatic nitrogens is 1. The maximum atomic E-state index is 12.7. The van der Waals surface area contributed by atoms with Gasteiger partial charge in [-0.25, -0.2) is 25.3 Å². The summed E-state index contributed by atoms with van der Waals surface area (Å²) < 4.78 is 109. The fourth-order valence-electron chi connectivity index (χ4n) is 3.18. The molecule has 0 fully saturated rings. The van der Waals surface area contributed by atoms with Gasteiger partial charge in [0.1, 0.15) is 21.6 Å². The zero-order chi connectivity index (χ0) is 24.5. The van der Waals surface area contributed by atoms with Crippen LogP contribution in [0.5, 0.6) is 11.5 Å². The van der Waals surface area contributed by atoms with Crippen molar-refractivity contribution in [3.63, 3.8) is 0 Å². The van der Waals surface area contributed by atoms with Crippen molar-refractivity contribution >= 4 is 30.9 Å². The van der Waals surface area contributed by atoms with Gasteiger partial charge in [0.15, 0.2) is 4.75 Å². The van der Waals surface area contributed by atoms with Gasteiger partial charge in [0.05, 0.1) is 5.69 Å². The molecule has 0 bridgehead atoms. The van der Waals surface area contributed by atoms with Gasteiger partial charge < -0.3 is 22.0 Å². The standard InChI is InChI=1S/C18H15NO11S3.3Na/c20-31(21,22)18(17-3-1-2-12-19-17,13-4-8-15(9-5-13)29-32(23,24)25)14-6-10-16(11-7-14)30-33(26,27)28;;;/h1-12H,(H,20,21,22)(H,23,24,25)(H,26,27,28);;;/q;3*+1/p-3. The second-order valence-electron chi connectivity index (χ2n) is 6.38. The maximum absolute atomic E-state index is 12.7. The third-order valence-corrected chi connectivity index (χ3v) is 6.54. The van der Waals surface area contributed by atoms with Crippen molar-refractivity contribution in [1.82, 2.24) is 4.98 Å². The Morgan fingerprint density at radius 1 is 0.611 bits per heavy atom. The molecule has 0 N–H and O–H groups in total. The summed E-state index contributed by atoms with van der Waals surface area (Å²) >= 11 is 0. The molecule has 18 heteroatoms. The minimum atomic E-state index is -5.34. The van der Waals surface area contributed by atoms with Gasteiger partial charge in [0, 0.05) is 6.20 Å². The van der Waals surface area contributed by atoms with Gasteiger partial charge in [-0.15, -0.1) is 0 Å². The normalized spacial score (nSPS) is 11.8. The van der Waals surface area contributed by atoms with Crippen molar-refractivity contribution in [3.05, 3.63) is 89.7 Å². The molecule has 0 saturated heterocycles. The molecule has 0 atom stereocenters. The SMILES string of the molecule is O=S(=O)([O-])Oc1ccc(C(c2ccc(OS(=O)(=O)[O-])cc2)(c2ccccn2)S(=O)(=O)[O-])cc1.[Na+].[Na+].[Na+]. The average molecular weight is 583 g/mol. The van der Waals surface area contributed by atoms with E-state index >= 15 is 0 Å². The van der Waals surface area contributed by atoms with E-state index in [0.29, 0.717) is 0 Å². The second-order valence-corrected chi connectivity index (χ2v) is 9.87. The summed E-state index contributed by atoms with van der Waals surface area (Å²) in [5.74, 6) is -0.868. The van der Waals surface area contributed by atoms with E-state index in [0.717, 1.165) is 48.5 Å². The molecule has 0 spiro atoms. The average Bonchev–Trinajstić information content (AvgIpc) is 2.68. The minimum Gasteiger partial charge on any atom is -0.747 e. The molecule has 3 rings (SSSR count). The molecule has 36 heavy (non-hydrogen) atoms. The first-order valence-electron chi connectivity index (χ1n) is 8.61. The quantitative estimate of drug-likeness (QED) is 0.138. The fourth-order valence-corrected chi connectivity index (χ4v) is 5.10. The Morgan fingerprint density at radius 3 is 1.28 bits per heavy atom. The molecule has 0 unspecified atom stereocenters. The molecule has 1 aromatic heterocycles. The van der Waals surface area contributed by atoms with E-state index in [1.54, 1.807) is 0 Å². The van der Waals surface area contributed by atoms with E-state index in [1.165, 1.54) is 24.4 Å². The van der Waals surface area contributed by atoms with Crippen LogP contribution in [-0.4, -0.2) is 43.9 Å². The number of benzene rings is 2. The zero-order valence-corrected chi connectivity index (χ0v) is 27.5. The van der Waals surface area contributed by atoms with Gasteiger partial charge >= 0.3 is 88.7 Å². The number of hydrogen-bond acceptors (Lipinski definition) is 12. The molecule has 1 heterocycles. The van der Waals surface area contributed by atoms with Crippen LogP contribution in [0.25, 0.3) is 0 Å². The monoisotopic (exact) mass is 583 g/mol. The topological polar surface area (TPSA) is 203 Å². The van der Waals surface area contributed by atoms with E-state index in [9.17, 15) is 38.9 Å². The van der Waals surface area contributed by atoms with Crippen molar-refractivity contribution in [2.45, 2.75) is 4.75 Å². The first-order chi connectivity index (χ1) is 15.2. The van der Waals surface area contributed by atoms with Crippen molar-refractivity contribution < 1.29 is 136 Å². The predicted octanol–water partition coefficient (Wildman–Crippen LogP) is -8.39. The molecular weight excluding hydrogens is 571 g/mol. The summed E-state index contributed by atoms with van der Waals surface area (Å²) in [5, 5.41) is 0. The van der Waals surface area contributed by atoms with Crippen LogP contribution in [0.15, 0.2) is 72.9 Å². The predicted molar refractivity (Wildman–Crippen MR) is 107 cm³/mol. The van der Waals surface area contributed by atoms with Gasteiger partial charge in [-0.3, -0.25) is 4.98 Å². The molecule has 176 valence electrons. The van der Waals surface area contributed by atoms with Crippen LogP contribution in [0, 0.1) is 0 Å². The van der Waals surface area contributed by atoms with Crippen LogP contribution in [-0.2, 0) is 35.7 Å². The summed E-state index contributed by atoms with van der Waals surface area (Å²) in [6, 6.07) is 12.2. The summed E-state index contributed by atoms with van der Waals surface area (Å²) in [4.78, 5) is 4.00. The Labute approximate surface area is 274 Å². The van der Waals surface area contributed by atoms with Crippen LogP contribution >= 0.6 is 0 Å². The third-order valence-electron chi connectivity index (χ3n) is 4.32. The van der Waals surface area contributed by atoms with Crippen LogP contribution < -0.4 is 97.0 Å². The number of rotatable bonds is 8. The van der Waals surface area contributed by atoms with E-state index < -0.39 is 47.2 Å².